The number of anilines is 3. The SMILES string of the molecule is CCN1CCN(c2ccc(C(=O)Nc3n[nH]c4c3CN(S(=O)(=O)c3cc(F)cc(F)c3)CC4(C)C)c(N)c2)CC1. The lowest BCUT2D eigenvalue weighted by molar-refractivity contribution is 0.102. The minimum Gasteiger partial charge on any atom is -0.398 e. The van der Waals surface area contributed by atoms with Gasteiger partial charge in [-0.25, -0.2) is 17.2 Å². The van der Waals surface area contributed by atoms with Crippen LogP contribution in [0.5, 0.6) is 0 Å². The van der Waals surface area contributed by atoms with E-state index in [2.05, 4.69) is 32.2 Å². The van der Waals surface area contributed by atoms with E-state index in [4.69, 9.17) is 5.73 Å². The molecular formula is C27H33F2N7O3S. The number of fused-ring (bicyclic) bond motifs is 1. The van der Waals surface area contributed by atoms with E-state index in [1.807, 2.05) is 19.9 Å². The molecule has 0 aliphatic carbocycles. The number of nitrogens with two attached hydrogens (primary N) is 1. The van der Waals surface area contributed by atoms with E-state index < -0.39 is 37.9 Å². The number of nitrogens with one attached hydrogen (secondary N) is 2. The molecule has 0 radical (unpaired) electrons. The molecule has 5 rings (SSSR count). The fraction of sp³-hybridized carbons (Fsp3) is 0.407. The number of piperazine rings is 1. The highest BCUT2D eigenvalue weighted by molar-refractivity contribution is 7.89. The quantitative estimate of drug-likeness (QED) is 0.387. The van der Waals surface area contributed by atoms with Crippen molar-refractivity contribution in [3.63, 3.8) is 0 Å². The fourth-order valence-electron chi connectivity index (χ4n) is 5.38. The second-order valence-electron chi connectivity index (χ2n) is 10.8. The number of carbonyl (C=O) groups excluding carboxylic acids is 1. The average molecular weight is 574 g/mol. The van der Waals surface area contributed by atoms with Crippen molar-refractivity contribution in [3.8, 4) is 0 Å². The van der Waals surface area contributed by atoms with E-state index in [0.717, 1.165) is 54.8 Å². The molecule has 3 aromatic rings. The smallest absolute Gasteiger partial charge is 0.258 e. The Balaban J connectivity index is 1.37. The van der Waals surface area contributed by atoms with Gasteiger partial charge in [0.25, 0.3) is 5.91 Å². The van der Waals surface area contributed by atoms with E-state index >= 15 is 0 Å². The molecule has 0 atom stereocenters. The first-order chi connectivity index (χ1) is 18.9. The molecule has 2 aliphatic rings. The summed E-state index contributed by atoms with van der Waals surface area (Å²) < 4.78 is 55.5. The van der Waals surface area contributed by atoms with Crippen LogP contribution in [0.1, 0.15) is 42.4 Å². The lowest BCUT2D eigenvalue weighted by Gasteiger charge is -2.36. The summed E-state index contributed by atoms with van der Waals surface area (Å²) in [4.78, 5) is 17.4. The number of carbonyl (C=O) groups is 1. The number of halogens is 2. The number of rotatable bonds is 6. The van der Waals surface area contributed by atoms with Crippen LogP contribution in [0.2, 0.25) is 0 Å². The number of benzene rings is 2. The summed E-state index contributed by atoms with van der Waals surface area (Å²) in [5.74, 6) is -2.30. The summed E-state index contributed by atoms with van der Waals surface area (Å²) in [6.45, 7) is 10.3. The Morgan fingerprint density at radius 2 is 1.77 bits per heavy atom. The van der Waals surface area contributed by atoms with Crippen molar-refractivity contribution in [1.82, 2.24) is 19.4 Å². The van der Waals surface area contributed by atoms with Gasteiger partial charge in [0.1, 0.15) is 11.6 Å². The normalized spacial score (nSPS) is 18.0. The number of hydrogen-bond acceptors (Lipinski definition) is 7. The Kier molecular flexibility index (Phi) is 7.31. The van der Waals surface area contributed by atoms with Crippen LogP contribution >= 0.6 is 0 Å². The van der Waals surface area contributed by atoms with Crippen LogP contribution in [0.25, 0.3) is 0 Å². The highest BCUT2D eigenvalue weighted by Crippen LogP contribution is 2.38. The third kappa shape index (κ3) is 5.28. The Morgan fingerprint density at radius 3 is 2.40 bits per heavy atom. The molecule has 1 fully saturated rings. The van der Waals surface area contributed by atoms with Crippen LogP contribution in [0.15, 0.2) is 41.3 Å². The number of hydrogen-bond donors (Lipinski definition) is 3. The number of H-pyrrole nitrogens is 1. The molecular weight excluding hydrogens is 540 g/mol. The molecule has 10 nitrogen and oxygen atoms in total. The largest absolute Gasteiger partial charge is 0.398 e. The van der Waals surface area contributed by atoms with E-state index in [0.29, 0.717) is 23.0 Å². The number of nitrogens with zero attached hydrogens (tertiary/aromatic N) is 4. The fourth-order valence-corrected chi connectivity index (χ4v) is 6.99. The minimum atomic E-state index is -4.25. The van der Waals surface area contributed by atoms with E-state index in [-0.39, 0.29) is 24.5 Å². The second-order valence-corrected chi connectivity index (χ2v) is 12.8. The van der Waals surface area contributed by atoms with E-state index in [1.165, 1.54) is 0 Å². The van der Waals surface area contributed by atoms with Crippen molar-refractivity contribution in [2.75, 3.05) is 55.2 Å². The maximum atomic E-state index is 13.8. The summed E-state index contributed by atoms with van der Waals surface area (Å²) in [7, 11) is -4.25. The van der Waals surface area contributed by atoms with Gasteiger partial charge in [-0.2, -0.15) is 9.40 Å². The molecule has 13 heteroatoms. The number of amides is 1. The predicted octanol–water partition coefficient (Wildman–Crippen LogP) is 3.15. The maximum Gasteiger partial charge on any atom is 0.258 e. The topological polar surface area (TPSA) is 128 Å². The van der Waals surface area contributed by atoms with Crippen molar-refractivity contribution >= 4 is 33.1 Å². The summed E-state index contributed by atoms with van der Waals surface area (Å²) in [6, 6.07) is 7.51. The molecule has 40 heavy (non-hydrogen) atoms. The van der Waals surface area contributed by atoms with E-state index in [9.17, 15) is 22.0 Å². The van der Waals surface area contributed by atoms with E-state index in [1.54, 1.807) is 12.1 Å². The van der Waals surface area contributed by atoms with Gasteiger partial charge in [-0.3, -0.25) is 9.89 Å². The van der Waals surface area contributed by atoms with Crippen LogP contribution in [-0.2, 0) is 22.0 Å². The molecule has 2 aliphatic heterocycles. The number of aromatic nitrogens is 2. The zero-order valence-electron chi connectivity index (χ0n) is 22.7. The first kappa shape index (κ1) is 28.0. The third-order valence-corrected chi connectivity index (χ3v) is 9.39. The molecule has 1 aromatic heterocycles. The standard InChI is InChI=1S/C27H33F2N7O3S/c1-4-34-7-9-35(10-8-34)19-5-6-21(23(30)14-19)26(37)31-25-22-15-36(16-27(2,3)24(22)32-33-25)40(38,39)20-12-17(28)11-18(29)13-20/h5-6,11-14H,4,7-10,15-16,30H2,1-3H3,(H2,31,32,33,37). The van der Waals surface area contributed by atoms with Crippen molar-refractivity contribution in [3.05, 3.63) is 64.9 Å². The maximum absolute atomic E-state index is 13.8. The van der Waals surface area contributed by atoms with Crippen molar-refractivity contribution < 1.29 is 22.0 Å². The van der Waals surface area contributed by atoms with Gasteiger partial charge >= 0.3 is 0 Å². The first-order valence-corrected chi connectivity index (χ1v) is 14.5. The van der Waals surface area contributed by atoms with Crippen molar-refractivity contribution in [1.29, 1.82) is 0 Å². The Labute approximate surface area is 232 Å². The molecule has 0 bridgehead atoms. The highest BCUT2D eigenvalue weighted by Gasteiger charge is 2.41. The molecule has 2 aromatic carbocycles. The number of aromatic amines is 1. The molecule has 0 spiro atoms. The summed E-state index contributed by atoms with van der Waals surface area (Å²) >= 11 is 0. The molecule has 0 saturated carbocycles. The zero-order chi connectivity index (χ0) is 28.8. The Morgan fingerprint density at radius 1 is 1.10 bits per heavy atom. The number of nitrogen functional groups attached to an aromatic ring is 1. The van der Waals surface area contributed by atoms with Crippen LogP contribution in [0.4, 0.5) is 26.0 Å². The van der Waals surface area contributed by atoms with Crippen LogP contribution in [0, 0.1) is 11.6 Å². The highest BCUT2D eigenvalue weighted by atomic mass is 32.2. The van der Waals surface area contributed by atoms with Crippen LogP contribution < -0.4 is 16.0 Å². The molecule has 3 heterocycles. The molecule has 1 saturated heterocycles. The van der Waals surface area contributed by atoms with Crippen LogP contribution in [-0.4, -0.2) is 73.0 Å². The predicted molar refractivity (Wildman–Crippen MR) is 149 cm³/mol. The second kappa shape index (κ2) is 10.5. The number of likely N-dealkylation sites (N-methyl/N-ethyl adjacent to an activating group) is 1. The monoisotopic (exact) mass is 573 g/mol. The van der Waals surface area contributed by atoms with Gasteiger partial charge < -0.3 is 20.9 Å². The number of sulfonamides is 1. The Hall–Kier alpha value is -3.55. The van der Waals surface area contributed by atoms with Gasteiger partial charge in [-0.15, -0.1) is 0 Å². The molecule has 1 amide bonds. The van der Waals surface area contributed by atoms with Gasteiger partial charge in [0.2, 0.25) is 10.0 Å². The van der Waals surface area contributed by atoms with Crippen LogP contribution in [0.3, 0.4) is 0 Å². The van der Waals surface area contributed by atoms with Gasteiger partial charge in [-0.1, -0.05) is 20.8 Å². The van der Waals surface area contributed by atoms with Crippen molar-refractivity contribution in [2.45, 2.75) is 37.6 Å². The Bertz CT molecular complexity index is 1530. The van der Waals surface area contributed by atoms with Crippen molar-refractivity contribution in [2.24, 2.45) is 0 Å². The zero-order valence-corrected chi connectivity index (χ0v) is 23.5. The lowest BCUT2D eigenvalue weighted by Crippen LogP contribution is -2.46. The first-order valence-electron chi connectivity index (χ1n) is 13.1. The van der Waals surface area contributed by atoms with Gasteiger partial charge in [0.05, 0.1) is 10.5 Å². The lowest BCUT2D eigenvalue weighted by atomic mass is 9.84. The average Bonchev–Trinajstić information content (AvgIpc) is 3.31. The summed E-state index contributed by atoms with van der Waals surface area (Å²) in [5.41, 5.74) is 8.21. The van der Waals surface area contributed by atoms with Gasteiger partial charge in [0, 0.05) is 73.4 Å². The molecule has 4 N–H and O–H groups in total. The van der Waals surface area contributed by atoms with Gasteiger partial charge in [-0.05, 0) is 36.9 Å². The summed E-state index contributed by atoms with van der Waals surface area (Å²) in [5, 5.41) is 9.95. The summed E-state index contributed by atoms with van der Waals surface area (Å²) in [6.07, 6.45) is 0. The third-order valence-electron chi connectivity index (χ3n) is 7.62. The molecule has 0 unspecified atom stereocenters. The molecule has 214 valence electrons. The minimum absolute atomic E-state index is 0.0387. The van der Waals surface area contributed by atoms with Gasteiger partial charge in [0.15, 0.2) is 5.82 Å².